The summed E-state index contributed by atoms with van der Waals surface area (Å²) in [5.74, 6) is 1.20. The van der Waals surface area contributed by atoms with Crippen molar-refractivity contribution in [2.24, 2.45) is 0 Å². The van der Waals surface area contributed by atoms with Crippen molar-refractivity contribution in [3.63, 3.8) is 0 Å². The molecule has 2 heterocycles. The van der Waals surface area contributed by atoms with Crippen LogP contribution in [0.3, 0.4) is 0 Å². The molecular formula is C17H15N3O2S. The Morgan fingerprint density at radius 2 is 2.26 bits per heavy atom. The maximum Gasteiger partial charge on any atom is 0.128 e. The summed E-state index contributed by atoms with van der Waals surface area (Å²) in [7, 11) is 0. The number of hydrogen-bond donors (Lipinski definition) is 2. The van der Waals surface area contributed by atoms with Crippen molar-refractivity contribution in [2.45, 2.75) is 11.1 Å². The monoisotopic (exact) mass is 325 g/mol. The van der Waals surface area contributed by atoms with E-state index in [-0.39, 0.29) is 6.61 Å². The topological polar surface area (TPSA) is 81.9 Å². The second-order valence-corrected chi connectivity index (χ2v) is 6.01. The Bertz CT molecular complexity index is 841. The van der Waals surface area contributed by atoms with Crippen LogP contribution in [0, 0.1) is 11.3 Å². The molecule has 0 fully saturated rings. The number of aliphatic hydroxyl groups is 1. The summed E-state index contributed by atoms with van der Waals surface area (Å²) in [5.41, 5.74) is 1.57. The number of aromatic nitrogens is 2. The number of hydrogen-bond acceptors (Lipinski definition) is 5. The van der Waals surface area contributed by atoms with Crippen LogP contribution in [-0.2, 0) is 0 Å². The fourth-order valence-corrected chi connectivity index (χ4v) is 2.96. The predicted octanol–water partition coefficient (Wildman–Crippen LogP) is 2.97. The molecule has 3 rings (SSSR count). The minimum Gasteiger partial charge on any atom is -0.490 e. The Hall–Kier alpha value is -2.49. The van der Waals surface area contributed by atoms with Crippen molar-refractivity contribution in [1.82, 2.24) is 9.97 Å². The molecule has 0 bridgehead atoms. The number of nitrogens with one attached hydrogen (secondary N) is 1. The van der Waals surface area contributed by atoms with Gasteiger partial charge < -0.3 is 14.8 Å². The molecule has 1 atom stereocenters. The van der Waals surface area contributed by atoms with E-state index in [9.17, 15) is 5.11 Å². The molecule has 5 nitrogen and oxygen atoms in total. The molecule has 0 aliphatic heterocycles. The summed E-state index contributed by atoms with van der Waals surface area (Å²) in [4.78, 5) is 7.29. The first kappa shape index (κ1) is 15.4. The van der Waals surface area contributed by atoms with Gasteiger partial charge >= 0.3 is 0 Å². The lowest BCUT2D eigenvalue weighted by Crippen LogP contribution is -2.20. The largest absolute Gasteiger partial charge is 0.490 e. The number of nitrogens with zero attached hydrogens (tertiary/aromatic N) is 2. The van der Waals surface area contributed by atoms with Crippen LogP contribution in [0.4, 0.5) is 0 Å². The van der Waals surface area contributed by atoms with Gasteiger partial charge in [0, 0.05) is 29.0 Å². The van der Waals surface area contributed by atoms with E-state index in [0.717, 1.165) is 21.7 Å². The minimum atomic E-state index is -0.623. The number of benzene rings is 1. The molecule has 0 unspecified atom stereocenters. The molecule has 0 amide bonds. The third-order valence-electron chi connectivity index (χ3n) is 3.27. The quantitative estimate of drug-likeness (QED) is 0.681. The van der Waals surface area contributed by atoms with E-state index in [2.05, 4.69) is 16.0 Å². The summed E-state index contributed by atoms with van der Waals surface area (Å²) in [6, 6.07) is 13.1. The number of thioether (sulfide) groups is 1. The van der Waals surface area contributed by atoms with Crippen LogP contribution in [0.15, 0.2) is 53.8 Å². The predicted molar refractivity (Wildman–Crippen MR) is 89.5 cm³/mol. The number of ether oxygens (including phenoxy) is 1. The Labute approximate surface area is 137 Å². The minimum absolute atomic E-state index is 0.204. The molecular weight excluding hydrogens is 310 g/mol. The highest BCUT2D eigenvalue weighted by Crippen LogP contribution is 2.25. The fraction of sp³-hybridized carbons (Fsp3) is 0.176. The van der Waals surface area contributed by atoms with Gasteiger partial charge in [0.05, 0.1) is 22.8 Å². The maximum atomic E-state index is 10.1. The van der Waals surface area contributed by atoms with Gasteiger partial charge in [-0.05, 0) is 30.3 Å². The molecule has 23 heavy (non-hydrogen) atoms. The zero-order valence-corrected chi connectivity index (χ0v) is 13.1. The van der Waals surface area contributed by atoms with Gasteiger partial charge in [-0.25, -0.2) is 4.98 Å². The summed E-state index contributed by atoms with van der Waals surface area (Å²) in [6.45, 7) is 0.204. The number of aromatic amines is 1. The van der Waals surface area contributed by atoms with Gasteiger partial charge in [-0.1, -0.05) is 6.07 Å². The average Bonchev–Trinajstić information content (AvgIpc) is 3.07. The van der Waals surface area contributed by atoms with E-state index in [1.54, 1.807) is 18.3 Å². The lowest BCUT2D eigenvalue weighted by atomic mass is 10.2. The van der Waals surface area contributed by atoms with Crippen molar-refractivity contribution < 1.29 is 9.84 Å². The van der Waals surface area contributed by atoms with E-state index in [0.29, 0.717) is 11.3 Å². The van der Waals surface area contributed by atoms with Crippen molar-refractivity contribution in [2.75, 3.05) is 12.4 Å². The van der Waals surface area contributed by atoms with Crippen molar-refractivity contribution >= 4 is 22.7 Å². The zero-order valence-electron chi connectivity index (χ0n) is 12.3. The Kier molecular flexibility index (Phi) is 4.81. The van der Waals surface area contributed by atoms with E-state index in [4.69, 9.17) is 10.00 Å². The van der Waals surface area contributed by atoms with Gasteiger partial charge in [0.15, 0.2) is 0 Å². The average molecular weight is 325 g/mol. The Balaban J connectivity index is 1.54. The van der Waals surface area contributed by atoms with Crippen LogP contribution < -0.4 is 4.74 Å². The number of nitriles is 1. The number of aliphatic hydroxyl groups excluding tert-OH is 1. The van der Waals surface area contributed by atoms with E-state index in [1.165, 1.54) is 11.8 Å². The molecule has 6 heteroatoms. The third kappa shape index (κ3) is 3.83. The third-order valence-corrected chi connectivity index (χ3v) is 4.34. The number of fused-ring (bicyclic) bond motifs is 1. The van der Waals surface area contributed by atoms with Crippen molar-refractivity contribution in [3.8, 4) is 11.8 Å². The first-order valence-electron chi connectivity index (χ1n) is 7.12. The summed E-state index contributed by atoms with van der Waals surface area (Å²) in [5, 5.41) is 20.6. The molecule has 0 aliphatic rings. The molecule has 116 valence electrons. The van der Waals surface area contributed by atoms with E-state index >= 15 is 0 Å². The molecule has 0 aliphatic carbocycles. The van der Waals surface area contributed by atoms with Gasteiger partial charge in [0.2, 0.25) is 0 Å². The van der Waals surface area contributed by atoms with E-state index in [1.807, 2.05) is 30.5 Å². The van der Waals surface area contributed by atoms with Crippen molar-refractivity contribution in [3.05, 3.63) is 54.4 Å². The van der Waals surface area contributed by atoms with Gasteiger partial charge in [0.25, 0.3) is 0 Å². The summed E-state index contributed by atoms with van der Waals surface area (Å²) >= 11 is 1.40. The standard InChI is InChI=1S/C17H15N3O2S/c18-9-12-4-6-20-17(8-12)23-11-13(21)10-22-16-3-1-2-15-14(16)5-7-19-15/h1-8,13,19,21H,10-11H2/t13-/m0/s1. The molecule has 0 radical (unpaired) electrons. The van der Waals surface area contributed by atoms with Crippen LogP contribution in [0.5, 0.6) is 5.75 Å². The van der Waals surface area contributed by atoms with Gasteiger partial charge in [0.1, 0.15) is 12.4 Å². The highest BCUT2D eigenvalue weighted by Gasteiger charge is 2.09. The van der Waals surface area contributed by atoms with Gasteiger partial charge in [-0.2, -0.15) is 5.26 Å². The molecule has 1 aromatic carbocycles. The lowest BCUT2D eigenvalue weighted by Gasteiger charge is -2.12. The first-order chi connectivity index (χ1) is 11.3. The lowest BCUT2D eigenvalue weighted by molar-refractivity contribution is 0.127. The number of pyridine rings is 1. The molecule has 3 aromatic rings. The van der Waals surface area contributed by atoms with Gasteiger partial charge in [-0.3, -0.25) is 0 Å². The second-order valence-electron chi connectivity index (χ2n) is 4.97. The summed E-state index contributed by atoms with van der Waals surface area (Å²) in [6.07, 6.45) is 2.83. The molecule has 2 aromatic heterocycles. The van der Waals surface area contributed by atoms with Crippen LogP contribution in [0.2, 0.25) is 0 Å². The zero-order chi connectivity index (χ0) is 16.1. The highest BCUT2D eigenvalue weighted by atomic mass is 32.2. The van der Waals surface area contributed by atoms with Crippen LogP contribution in [0.1, 0.15) is 5.56 Å². The fourth-order valence-electron chi connectivity index (χ4n) is 2.16. The van der Waals surface area contributed by atoms with Crippen molar-refractivity contribution in [1.29, 1.82) is 5.26 Å². The normalized spacial score (nSPS) is 12.0. The highest BCUT2D eigenvalue weighted by molar-refractivity contribution is 7.99. The van der Waals surface area contributed by atoms with Crippen LogP contribution in [0.25, 0.3) is 10.9 Å². The molecule has 0 saturated heterocycles. The van der Waals surface area contributed by atoms with Gasteiger partial charge in [-0.15, -0.1) is 11.8 Å². The van der Waals surface area contributed by atoms with Crippen LogP contribution in [-0.4, -0.2) is 33.5 Å². The summed E-state index contributed by atoms with van der Waals surface area (Å²) < 4.78 is 5.72. The SMILES string of the molecule is N#Cc1ccnc(SC[C@@H](O)COc2cccc3[nH]ccc23)c1. The van der Waals surface area contributed by atoms with E-state index < -0.39 is 6.10 Å². The first-order valence-corrected chi connectivity index (χ1v) is 8.11. The molecule has 2 N–H and O–H groups in total. The smallest absolute Gasteiger partial charge is 0.128 e. The number of H-pyrrole nitrogens is 1. The maximum absolute atomic E-state index is 10.1. The Morgan fingerprint density at radius 3 is 3.13 bits per heavy atom. The van der Waals surface area contributed by atoms with Crippen LogP contribution >= 0.6 is 11.8 Å². The second kappa shape index (κ2) is 7.18. The number of rotatable bonds is 6. The molecule has 0 spiro atoms. The Morgan fingerprint density at radius 1 is 1.35 bits per heavy atom. The molecule has 0 saturated carbocycles.